The van der Waals surface area contributed by atoms with E-state index < -0.39 is 11.6 Å². The van der Waals surface area contributed by atoms with E-state index in [-0.39, 0.29) is 12.5 Å². The summed E-state index contributed by atoms with van der Waals surface area (Å²) in [6, 6.07) is 0.0641. The van der Waals surface area contributed by atoms with Crippen LogP contribution in [0.4, 0.5) is 0 Å². The smallest absolute Gasteiger partial charge is 0.304 e. The standard InChI is InChI=1S/C11H21NO3S/c1-3-11(2,15)8-12-4-5-16-7-9(12)6-10(13)14/h9,15H,3-8H2,1-2H3,(H,13,14). The van der Waals surface area contributed by atoms with Gasteiger partial charge in [-0.05, 0) is 13.3 Å². The molecule has 1 rings (SSSR count). The molecular weight excluding hydrogens is 226 g/mol. The predicted molar refractivity (Wildman–Crippen MR) is 65.9 cm³/mol. The molecule has 16 heavy (non-hydrogen) atoms. The number of hydrogen-bond acceptors (Lipinski definition) is 4. The van der Waals surface area contributed by atoms with Gasteiger partial charge < -0.3 is 10.2 Å². The summed E-state index contributed by atoms with van der Waals surface area (Å²) in [6.07, 6.45) is 0.864. The molecule has 0 aromatic heterocycles. The Balaban J connectivity index is 2.56. The number of aliphatic carboxylic acids is 1. The first kappa shape index (κ1) is 13.8. The van der Waals surface area contributed by atoms with E-state index in [1.807, 2.05) is 13.8 Å². The normalized spacial score (nSPS) is 26.3. The zero-order valence-corrected chi connectivity index (χ0v) is 10.8. The number of hydrogen-bond donors (Lipinski definition) is 2. The van der Waals surface area contributed by atoms with E-state index in [0.717, 1.165) is 18.1 Å². The Morgan fingerprint density at radius 3 is 2.88 bits per heavy atom. The summed E-state index contributed by atoms with van der Waals surface area (Å²) in [4.78, 5) is 12.9. The number of thioether (sulfide) groups is 1. The van der Waals surface area contributed by atoms with Gasteiger partial charge in [0.25, 0.3) is 0 Å². The van der Waals surface area contributed by atoms with Gasteiger partial charge in [-0.25, -0.2) is 0 Å². The lowest BCUT2D eigenvalue weighted by atomic mass is 10.0. The lowest BCUT2D eigenvalue weighted by Gasteiger charge is -2.38. The molecule has 94 valence electrons. The molecule has 0 bridgehead atoms. The molecule has 0 aromatic rings. The molecule has 2 N–H and O–H groups in total. The minimum atomic E-state index is -0.756. The SMILES string of the molecule is CCC(C)(O)CN1CCSCC1CC(=O)O. The van der Waals surface area contributed by atoms with E-state index in [2.05, 4.69) is 4.90 Å². The maximum atomic E-state index is 10.7. The van der Waals surface area contributed by atoms with Crippen LogP contribution in [0.2, 0.25) is 0 Å². The first-order valence-corrected chi connectivity index (χ1v) is 6.86. The highest BCUT2D eigenvalue weighted by atomic mass is 32.2. The van der Waals surface area contributed by atoms with Crippen LogP contribution in [0, 0.1) is 0 Å². The number of β-amino-alcohol motifs (C(OH)–C–C–N with tert-alkyl or cyclic N) is 1. The first-order valence-electron chi connectivity index (χ1n) is 5.70. The molecule has 1 saturated heterocycles. The maximum Gasteiger partial charge on any atom is 0.304 e. The Kier molecular flexibility index (Phi) is 5.08. The molecule has 2 atom stereocenters. The van der Waals surface area contributed by atoms with Crippen molar-refractivity contribution in [3.05, 3.63) is 0 Å². The minimum absolute atomic E-state index is 0.0641. The zero-order chi connectivity index (χ0) is 12.2. The Morgan fingerprint density at radius 2 is 2.31 bits per heavy atom. The van der Waals surface area contributed by atoms with Crippen molar-refractivity contribution < 1.29 is 15.0 Å². The van der Waals surface area contributed by atoms with Crippen LogP contribution < -0.4 is 0 Å². The summed E-state index contributed by atoms with van der Waals surface area (Å²) in [5, 5.41) is 18.9. The van der Waals surface area contributed by atoms with Crippen molar-refractivity contribution in [1.29, 1.82) is 0 Å². The highest BCUT2D eigenvalue weighted by molar-refractivity contribution is 7.99. The van der Waals surface area contributed by atoms with Crippen LogP contribution in [0.15, 0.2) is 0 Å². The van der Waals surface area contributed by atoms with Gasteiger partial charge in [0.2, 0.25) is 0 Å². The van der Waals surface area contributed by atoms with Gasteiger partial charge in [-0.1, -0.05) is 6.92 Å². The Hall–Kier alpha value is -0.260. The van der Waals surface area contributed by atoms with E-state index in [0.29, 0.717) is 13.0 Å². The second-order valence-electron chi connectivity index (χ2n) is 4.65. The molecule has 0 aliphatic carbocycles. The number of nitrogens with zero attached hydrogens (tertiary/aromatic N) is 1. The van der Waals surface area contributed by atoms with Crippen LogP contribution in [0.25, 0.3) is 0 Å². The molecular formula is C11H21NO3S. The second kappa shape index (κ2) is 5.89. The van der Waals surface area contributed by atoms with Crippen LogP contribution in [-0.2, 0) is 4.79 Å². The average Bonchev–Trinajstić information content (AvgIpc) is 2.20. The fourth-order valence-corrected chi connectivity index (χ4v) is 2.97. The number of aliphatic hydroxyl groups is 1. The Morgan fingerprint density at radius 1 is 1.62 bits per heavy atom. The van der Waals surface area contributed by atoms with E-state index in [4.69, 9.17) is 5.11 Å². The molecule has 4 nitrogen and oxygen atoms in total. The summed E-state index contributed by atoms with van der Waals surface area (Å²) in [5.41, 5.74) is -0.710. The van der Waals surface area contributed by atoms with Crippen LogP contribution >= 0.6 is 11.8 Å². The van der Waals surface area contributed by atoms with Crippen molar-refractivity contribution in [3.8, 4) is 0 Å². The van der Waals surface area contributed by atoms with Gasteiger partial charge in [0, 0.05) is 30.6 Å². The summed E-state index contributed by atoms with van der Waals surface area (Å²) in [5.74, 6) is 1.12. The molecule has 5 heteroatoms. The van der Waals surface area contributed by atoms with Crippen molar-refractivity contribution >= 4 is 17.7 Å². The van der Waals surface area contributed by atoms with Crippen molar-refractivity contribution in [2.24, 2.45) is 0 Å². The van der Waals surface area contributed by atoms with Gasteiger partial charge in [0.05, 0.1) is 12.0 Å². The molecule has 0 aromatic carbocycles. The van der Waals surface area contributed by atoms with Gasteiger partial charge in [0.15, 0.2) is 0 Å². The molecule has 0 radical (unpaired) electrons. The lowest BCUT2D eigenvalue weighted by molar-refractivity contribution is -0.138. The fourth-order valence-electron chi connectivity index (χ4n) is 1.84. The molecule has 1 heterocycles. The summed E-state index contributed by atoms with van der Waals surface area (Å²) < 4.78 is 0. The monoisotopic (exact) mass is 247 g/mol. The Labute approximate surface area is 101 Å². The van der Waals surface area contributed by atoms with E-state index in [9.17, 15) is 9.90 Å². The summed E-state index contributed by atoms with van der Waals surface area (Å²) in [6.45, 7) is 5.21. The molecule has 2 unspecified atom stereocenters. The van der Waals surface area contributed by atoms with Crippen LogP contribution in [-0.4, -0.2) is 57.3 Å². The maximum absolute atomic E-state index is 10.7. The van der Waals surface area contributed by atoms with Crippen molar-refractivity contribution in [3.63, 3.8) is 0 Å². The molecule has 1 aliphatic heterocycles. The lowest BCUT2D eigenvalue weighted by Crippen LogP contribution is -2.50. The minimum Gasteiger partial charge on any atom is -0.481 e. The summed E-state index contributed by atoms with van der Waals surface area (Å²) >= 11 is 1.80. The van der Waals surface area contributed by atoms with E-state index in [1.54, 1.807) is 11.8 Å². The Bertz CT molecular complexity index is 245. The van der Waals surface area contributed by atoms with Gasteiger partial charge in [-0.3, -0.25) is 9.69 Å². The quantitative estimate of drug-likeness (QED) is 0.760. The molecule has 0 amide bonds. The summed E-state index contributed by atoms with van der Waals surface area (Å²) in [7, 11) is 0. The van der Waals surface area contributed by atoms with Crippen LogP contribution in [0.1, 0.15) is 26.7 Å². The van der Waals surface area contributed by atoms with E-state index >= 15 is 0 Å². The third-order valence-electron chi connectivity index (χ3n) is 3.07. The van der Waals surface area contributed by atoms with Crippen molar-refractivity contribution in [2.45, 2.75) is 38.3 Å². The topological polar surface area (TPSA) is 60.8 Å². The van der Waals surface area contributed by atoms with Crippen molar-refractivity contribution in [2.75, 3.05) is 24.6 Å². The molecule has 1 aliphatic rings. The number of carboxylic acids is 1. The third kappa shape index (κ3) is 4.31. The average molecular weight is 247 g/mol. The van der Waals surface area contributed by atoms with Gasteiger partial charge in [0.1, 0.15) is 0 Å². The van der Waals surface area contributed by atoms with Crippen LogP contribution in [0.5, 0.6) is 0 Å². The van der Waals surface area contributed by atoms with Crippen molar-refractivity contribution in [1.82, 2.24) is 4.90 Å². The largest absolute Gasteiger partial charge is 0.481 e. The molecule has 1 fully saturated rings. The third-order valence-corrected chi connectivity index (χ3v) is 4.16. The highest BCUT2D eigenvalue weighted by Crippen LogP contribution is 2.22. The fraction of sp³-hybridized carbons (Fsp3) is 0.909. The first-order chi connectivity index (χ1) is 7.44. The number of rotatable bonds is 5. The predicted octanol–water partition coefficient (Wildman–Crippen LogP) is 1.04. The molecule has 0 spiro atoms. The van der Waals surface area contributed by atoms with Crippen LogP contribution in [0.3, 0.4) is 0 Å². The highest BCUT2D eigenvalue weighted by Gasteiger charge is 2.30. The van der Waals surface area contributed by atoms with Gasteiger partial charge in [-0.15, -0.1) is 0 Å². The van der Waals surface area contributed by atoms with Gasteiger partial charge >= 0.3 is 5.97 Å². The van der Waals surface area contributed by atoms with E-state index in [1.165, 1.54) is 0 Å². The number of carbonyl (C=O) groups is 1. The molecule has 0 saturated carbocycles. The zero-order valence-electron chi connectivity index (χ0n) is 9.98. The van der Waals surface area contributed by atoms with Gasteiger partial charge in [-0.2, -0.15) is 11.8 Å². The second-order valence-corrected chi connectivity index (χ2v) is 5.80. The number of carboxylic acid groups (broad SMARTS) is 1.